The van der Waals surface area contributed by atoms with Crippen molar-refractivity contribution in [2.75, 3.05) is 24.7 Å². The molecule has 3 aromatic carbocycles. The van der Waals surface area contributed by atoms with E-state index < -0.39 is 21.6 Å². The van der Waals surface area contributed by atoms with E-state index in [1.54, 1.807) is 18.2 Å². The molecule has 1 aliphatic rings. The quantitative estimate of drug-likeness (QED) is 0.296. The molecule has 0 bridgehead atoms. The fourth-order valence-corrected chi connectivity index (χ4v) is 5.44. The number of likely N-dealkylation sites (tertiary alicyclic amines) is 1. The van der Waals surface area contributed by atoms with Gasteiger partial charge in [0.15, 0.2) is 15.7 Å². The number of β-amino-alcohol motifs (C(OH)–C–C–N with tert-alkyl or cyclic N) is 1. The average Bonchev–Trinajstić information content (AvgIpc) is 3.29. The summed E-state index contributed by atoms with van der Waals surface area (Å²) in [6.07, 6.45) is 1.42. The van der Waals surface area contributed by atoms with Gasteiger partial charge in [0.05, 0.1) is 27.3 Å². The highest BCUT2D eigenvalue weighted by Crippen LogP contribution is 2.28. The van der Waals surface area contributed by atoms with Crippen LogP contribution in [0.2, 0.25) is 5.02 Å². The van der Waals surface area contributed by atoms with Crippen molar-refractivity contribution in [3.63, 3.8) is 0 Å². The number of ether oxygens (including phenoxy) is 1. The van der Waals surface area contributed by atoms with Crippen LogP contribution in [-0.2, 0) is 27.8 Å². The van der Waals surface area contributed by atoms with E-state index >= 15 is 4.39 Å². The molecule has 0 aliphatic carbocycles. The fraction of sp³-hybridized carbons (Fsp3) is 0.259. The molecule has 1 aliphatic heterocycles. The maximum absolute atomic E-state index is 15.3. The number of carboxylic acid groups (broad SMARTS) is 1. The number of carbonyl (C=O) groups excluding carboxylic acids is 1. The van der Waals surface area contributed by atoms with E-state index in [1.807, 2.05) is 12.1 Å². The summed E-state index contributed by atoms with van der Waals surface area (Å²) in [6.45, 7) is 1.63. The lowest BCUT2D eigenvalue weighted by molar-refractivity contribution is -0.122. The predicted molar refractivity (Wildman–Crippen MR) is 152 cm³/mol. The van der Waals surface area contributed by atoms with Crippen LogP contribution in [-0.4, -0.2) is 61.4 Å². The van der Waals surface area contributed by atoms with E-state index in [0.717, 1.165) is 29.3 Å². The van der Waals surface area contributed by atoms with Crippen LogP contribution in [0, 0.1) is 5.82 Å². The predicted octanol–water partition coefficient (Wildman–Crippen LogP) is 4.74. The third kappa shape index (κ3) is 8.48. The van der Waals surface area contributed by atoms with Crippen LogP contribution in [0.15, 0.2) is 64.0 Å². The molecule has 0 radical (unpaired) electrons. The second-order valence-corrected chi connectivity index (χ2v) is 12.3. The van der Waals surface area contributed by atoms with E-state index in [9.17, 15) is 18.3 Å². The zero-order valence-electron chi connectivity index (χ0n) is 21.3. The third-order valence-electron chi connectivity index (χ3n) is 5.99. The fourth-order valence-electron chi connectivity index (χ4n) is 4.05. The number of aliphatic hydroxyl groups is 1. The van der Waals surface area contributed by atoms with Crippen molar-refractivity contribution in [1.29, 1.82) is 0 Å². The summed E-state index contributed by atoms with van der Waals surface area (Å²) >= 11 is 9.59. The third-order valence-corrected chi connectivity index (χ3v) is 7.90. The highest BCUT2D eigenvalue weighted by atomic mass is 79.9. The molecule has 1 fully saturated rings. The molecule has 1 amide bonds. The molecule has 1 atom stereocenters. The number of aliphatic hydroxyl groups excluding tert-OH is 1. The van der Waals surface area contributed by atoms with Crippen LogP contribution in [0.25, 0.3) is 0 Å². The van der Waals surface area contributed by atoms with Crippen molar-refractivity contribution in [3.05, 3.63) is 86.6 Å². The molecule has 9 nitrogen and oxygen atoms in total. The largest absolute Gasteiger partial charge is 0.488 e. The molecule has 13 heteroatoms. The molecule has 4 rings (SSSR count). The minimum Gasteiger partial charge on any atom is -0.488 e. The molecule has 214 valence electrons. The SMILES string of the molecule is CS(=O)(=O)c1ccc(C(=O)Nc2cccc(COc3ccc(Br)cc3CN3CC[C@H](O)C3)c2F)c(Cl)c1.O=CO. The molecular weight excluding hydrogens is 631 g/mol. The molecular formula is C27H27BrClFN2O7S. The first-order valence-electron chi connectivity index (χ1n) is 11.9. The number of benzene rings is 3. The molecule has 0 aromatic heterocycles. The average molecular weight is 658 g/mol. The van der Waals surface area contributed by atoms with Crippen molar-refractivity contribution in [3.8, 4) is 5.75 Å². The van der Waals surface area contributed by atoms with E-state index in [-0.39, 0.29) is 45.9 Å². The summed E-state index contributed by atoms with van der Waals surface area (Å²) in [6, 6.07) is 13.9. The molecule has 1 heterocycles. The number of hydrogen-bond donors (Lipinski definition) is 3. The Balaban J connectivity index is 0.00000141. The zero-order chi connectivity index (χ0) is 29.4. The van der Waals surface area contributed by atoms with Crippen molar-refractivity contribution >= 4 is 55.4 Å². The van der Waals surface area contributed by atoms with Crippen LogP contribution in [0.5, 0.6) is 5.75 Å². The molecule has 1 saturated heterocycles. The molecule has 40 heavy (non-hydrogen) atoms. The second kappa shape index (κ2) is 14.0. The van der Waals surface area contributed by atoms with E-state index in [2.05, 4.69) is 26.1 Å². The Labute approximate surface area is 244 Å². The standard InChI is InChI=1S/C26H25BrClFN2O5S.CH2O2/c1-37(34,35)20-6-7-21(22(28)12-20)26(33)30-23-4-2-3-16(25(23)29)15-36-24-8-5-18(27)11-17(24)13-31-10-9-19(32)14-31;2-1-3/h2-8,11-12,19,32H,9-10,13-15H2,1H3,(H,30,33);1H,(H,2,3)/t19-;/m0./s1. The van der Waals surface area contributed by atoms with Crippen molar-refractivity contribution in [2.45, 2.75) is 30.6 Å². The Kier molecular flexibility index (Phi) is 11.1. The van der Waals surface area contributed by atoms with Gasteiger partial charge < -0.3 is 20.3 Å². The second-order valence-electron chi connectivity index (χ2n) is 8.97. The van der Waals surface area contributed by atoms with E-state index in [4.69, 9.17) is 26.2 Å². The highest BCUT2D eigenvalue weighted by molar-refractivity contribution is 9.10. The smallest absolute Gasteiger partial charge is 0.290 e. The number of halogens is 3. The van der Waals surface area contributed by atoms with Gasteiger partial charge in [-0.1, -0.05) is 39.7 Å². The first-order chi connectivity index (χ1) is 18.9. The minimum absolute atomic E-state index is 0.0154. The van der Waals surface area contributed by atoms with Gasteiger partial charge in [-0.05, 0) is 48.9 Å². The van der Waals surface area contributed by atoms with Gasteiger partial charge in [-0.25, -0.2) is 12.8 Å². The summed E-state index contributed by atoms with van der Waals surface area (Å²) in [7, 11) is -3.49. The van der Waals surface area contributed by atoms with Gasteiger partial charge in [0.25, 0.3) is 12.4 Å². The van der Waals surface area contributed by atoms with Crippen LogP contribution in [0.4, 0.5) is 10.1 Å². The zero-order valence-corrected chi connectivity index (χ0v) is 24.5. The first-order valence-corrected chi connectivity index (χ1v) is 15.0. The number of hydrogen-bond acceptors (Lipinski definition) is 7. The summed E-state index contributed by atoms with van der Waals surface area (Å²) in [5.74, 6) is -0.734. The molecule has 0 saturated carbocycles. The Morgan fingerprint density at radius 2 is 1.95 bits per heavy atom. The van der Waals surface area contributed by atoms with Gasteiger partial charge in [0, 0.05) is 41.5 Å². The van der Waals surface area contributed by atoms with Crippen molar-refractivity contribution in [1.82, 2.24) is 4.90 Å². The number of carbonyl (C=O) groups is 2. The summed E-state index contributed by atoms with van der Waals surface area (Å²) in [5.41, 5.74) is 1.10. The van der Waals surface area contributed by atoms with Gasteiger partial charge in [-0.3, -0.25) is 14.5 Å². The van der Waals surface area contributed by atoms with Crippen LogP contribution >= 0.6 is 27.5 Å². The molecule has 0 unspecified atom stereocenters. The molecule has 3 N–H and O–H groups in total. The van der Waals surface area contributed by atoms with Gasteiger partial charge in [-0.2, -0.15) is 0 Å². The topological polar surface area (TPSA) is 133 Å². The van der Waals surface area contributed by atoms with Gasteiger partial charge in [0.2, 0.25) is 0 Å². The van der Waals surface area contributed by atoms with Gasteiger partial charge in [0.1, 0.15) is 12.4 Å². The summed E-state index contributed by atoms with van der Waals surface area (Å²) in [4.78, 5) is 23.2. The van der Waals surface area contributed by atoms with Crippen molar-refractivity contribution in [2.24, 2.45) is 0 Å². The number of amides is 1. The lowest BCUT2D eigenvalue weighted by Crippen LogP contribution is -2.22. The van der Waals surface area contributed by atoms with Crippen molar-refractivity contribution < 1.29 is 37.3 Å². The lowest BCUT2D eigenvalue weighted by atomic mass is 10.1. The van der Waals surface area contributed by atoms with Crippen LogP contribution < -0.4 is 10.1 Å². The number of rotatable bonds is 8. The van der Waals surface area contributed by atoms with Gasteiger partial charge >= 0.3 is 0 Å². The number of anilines is 1. The Morgan fingerprint density at radius 1 is 1.23 bits per heavy atom. The Morgan fingerprint density at radius 3 is 2.58 bits per heavy atom. The first kappa shape index (κ1) is 31.5. The summed E-state index contributed by atoms with van der Waals surface area (Å²) < 4.78 is 45.5. The number of nitrogens with one attached hydrogen (secondary N) is 1. The Bertz CT molecular complexity index is 1490. The van der Waals surface area contributed by atoms with E-state index in [1.165, 1.54) is 24.3 Å². The van der Waals surface area contributed by atoms with Crippen LogP contribution in [0.1, 0.15) is 27.9 Å². The maximum Gasteiger partial charge on any atom is 0.290 e. The number of nitrogens with zero attached hydrogens (tertiary/aromatic N) is 1. The minimum atomic E-state index is -3.49. The lowest BCUT2D eigenvalue weighted by Gasteiger charge is -2.19. The monoisotopic (exact) mass is 656 g/mol. The molecule has 3 aromatic rings. The van der Waals surface area contributed by atoms with Gasteiger partial charge in [-0.15, -0.1) is 0 Å². The normalized spacial score (nSPS) is 15.2. The van der Waals surface area contributed by atoms with E-state index in [0.29, 0.717) is 18.8 Å². The maximum atomic E-state index is 15.3. The summed E-state index contributed by atoms with van der Waals surface area (Å²) in [5, 5.41) is 19.1. The highest BCUT2D eigenvalue weighted by Gasteiger charge is 2.22. The number of sulfone groups is 1. The Hall–Kier alpha value is -3.03. The van der Waals surface area contributed by atoms with Crippen LogP contribution in [0.3, 0.4) is 0 Å². The molecule has 0 spiro atoms.